The third kappa shape index (κ3) is 14.5. The number of ether oxygens (including phenoxy) is 2. The first kappa shape index (κ1) is 52.0. The van der Waals surface area contributed by atoms with E-state index >= 15 is 0 Å². The van der Waals surface area contributed by atoms with Crippen LogP contribution in [0.2, 0.25) is 15.1 Å². The number of halogens is 11. The summed E-state index contributed by atoms with van der Waals surface area (Å²) in [4.78, 5) is 23.7. The van der Waals surface area contributed by atoms with Gasteiger partial charge in [0.15, 0.2) is 11.6 Å². The standard InChI is InChI=1S/C21H13Cl2F5N2O4S.C21H16ClF3N2O4S/c22-10-2-1-3-12(6-10)34-16-5-4-11(7-17(16)35(29,32)33)30-18(31)8-13-15(23)9-14(21(26,27)28)20(25)19(13)24;22-15-2-1-3-17(11-15)31-18-9-8-16(12-19(18)32(26,29)30)27-20(28)10-13-4-6-14(7-5-13)21(23,24)25/h1-7,9H,8H2,(H,30,31)(H2,29,32,33);1-9,11-12H,10H2,(H,27,28)(H2,26,29,30). The van der Waals surface area contributed by atoms with Crippen LogP contribution in [-0.4, -0.2) is 28.6 Å². The van der Waals surface area contributed by atoms with Gasteiger partial charge in [0.1, 0.15) is 32.8 Å². The van der Waals surface area contributed by atoms with Gasteiger partial charge >= 0.3 is 12.4 Å². The molecular weight excluding hydrogens is 1010 g/mol. The number of carbonyl (C=O) groups excluding carboxylic acids is 2. The highest BCUT2D eigenvalue weighted by atomic mass is 35.5. The zero-order valence-electron chi connectivity index (χ0n) is 33.3. The van der Waals surface area contributed by atoms with Gasteiger partial charge in [-0.2, -0.15) is 26.3 Å². The first-order valence-electron chi connectivity index (χ1n) is 18.3. The van der Waals surface area contributed by atoms with Gasteiger partial charge in [0.25, 0.3) is 0 Å². The van der Waals surface area contributed by atoms with Crippen molar-refractivity contribution >= 4 is 78.0 Å². The maximum atomic E-state index is 14.2. The van der Waals surface area contributed by atoms with Crippen molar-refractivity contribution in [2.24, 2.45) is 10.3 Å². The van der Waals surface area contributed by atoms with Crippen LogP contribution < -0.4 is 30.4 Å². The lowest BCUT2D eigenvalue weighted by molar-refractivity contribution is -0.140. The number of hydrogen-bond acceptors (Lipinski definition) is 8. The average Bonchev–Trinajstić information content (AvgIpc) is 3.21. The number of sulfonamides is 2. The van der Waals surface area contributed by atoms with Crippen molar-refractivity contribution in [3.8, 4) is 23.0 Å². The fraction of sp³-hybridized carbons (Fsp3) is 0.0952. The zero-order chi connectivity index (χ0) is 49.6. The van der Waals surface area contributed by atoms with E-state index in [9.17, 15) is 61.5 Å². The van der Waals surface area contributed by atoms with Crippen LogP contribution in [0.4, 0.5) is 46.5 Å². The molecule has 0 aromatic heterocycles. The second-order valence-corrected chi connectivity index (χ2v) is 18.0. The summed E-state index contributed by atoms with van der Waals surface area (Å²) in [5.41, 5.74) is -3.23. The molecule has 6 aromatic carbocycles. The third-order valence-electron chi connectivity index (χ3n) is 8.66. The number of primary sulfonamides is 2. The molecule has 0 aliphatic rings. The minimum Gasteiger partial charge on any atom is -0.456 e. The molecule has 0 saturated carbocycles. The molecular formula is C42H29Cl3F8N4O8S2. The van der Waals surface area contributed by atoms with E-state index in [2.05, 4.69) is 10.6 Å². The Morgan fingerprint density at radius 1 is 0.567 bits per heavy atom. The van der Waals surface area contributed by atoms with Crippen LogP contribution in [0.5, 0.6) is 23.0 Å². The topological polar surface area (TPSA) is 197 Å². The van der Waals surface area contributed by atoms with E-state index in [4.69, 9.17) is 54.6 Å². The van der Waals surface area contributed by atoms with Crippen LogP contribution in [-0.2, 0) is 54.8 Å². The molecule has 0 saturated heterocycles. The minimum absolute atomic E-state index is 0.0736. The molecule has 0 radical (unpaired) electrons. The number of hydrogen-bond donors (Lipinski definition) is 4. The molecule has 2 amide bonds. The summed E-state index contributed by atoms with van der Waals surface area (Å²) >= 11 is 17.4. The number of anilines is 2. The molecule has 25 heteroatoms. The summed E-state index contributed by atoms with van der Waals surface area (Å²) in [7, 11) is -8.58. The number of amides is 2. The molecule has 0 bridgehead atoms. The van der Waals surface area contributed by atoms with E-state index < -0.39 is 88.9 Å². The zero-order valence-corrected chi connectivity index (χ0v) is 37.2. The summed E-state index contributed by atoms with van der Waals surface area (Å²) in [5.74, 6) is -5.54. The summed E-state index contributed by atoms with van der Waals surface area (Å²) in [6.07, 6.45) is -10.8. The molecule has 0 unspecified atom stereocenters. The van der Waals surface area contributed by atoms with Crippen molar-refractivity contribution in [2.75, 3.05) is 10.6 Å². The predicted molar refractivity (Wildman–Crippen MR) is 231 cm³/mol. The Morgan fingerprint density at radius 2 is 1.01 bits per heavy atom. The van der Waals surface area contributed by atoms with Crippen molar-refractivity contribution < 1.29 is 71.0 Å². The molecule has 6 aromatic rings. The number of benzene rings is 6. The quantitative estimate of drug-likeness (QED) is 0.0686. The maximum absolute atomic E-state index is 14.2. The Balaban J connectivity index is 0.000000252. The summed E-state index contributed by atoms with van der Waals surface area (Å²) in [6, 6.07) is 23.8. The Labute approximate surface area is 390 Å². The number of carbonyl (C=O) groups is 2. The van der Waals surface area contributed by atoms with Crippen molar-refractivity contribution in [1.82, 2.24) is 0 Å². The van der Waals surface area contributed by atoms with Crippen molar-refractivity contribution in [2.45, 2.75) is 35.0 Å². The molecule has 354 valence electrons. The average molecular weight is 1040 g/mol. The van der Waals surface area contributed by atoms with E-state index in [1.54, 1.807) is 30.3 Å². The number of rotatable bonds is 12. The summed E-state index contributed by atoms with van der Waals surface area (Å²) in [6.45, 7) is 0. The molecule has 12 nitrogen and oxygen atoms in total. The number of nitrogens with one attached hydrogen (secondary N) is 2. The van der Waals surface area contributed by atoms with Crippen LogP contribution in [0.3, 0.4) is 0 Å². The molecule has 0 aliphatic carbocycles. The lowest BCUT2D eigenvalue weighted by Gasteiger charge is -2.14. The van der Waals surface area contributed by atoms with Gasteiger partial charge in [-0.3, -0.25) is 9.59 Å². The van der Waals surface area contributed by atoms with Crippen LogP contribution in [0.1, 0.15) is 22.3 Å². The van der Waals surface area contributed by atoms with E-state index in [1.807, 2.05) is 0 Å². The fourth-order valence-electron chi connectivity index (χ4n) is 5.67. The smallest absolute Gasteiger partial charge is 0.419 e. The Hall–Kier alpha value is -6.01. The van der Waals surface area contributed by atoms with Crippen LogP contribution in [0, 0.1) is 11.6 Å². The molecule has 0 spiro atoms. The molecule has 0 fully saturated rings. The van der Waals surface area contributed by atoms with Crippen LogP contribution >= 0.6 is 34.8 Å². The first-order chi connectivity index (χ1) is 31.1. The first-order valence-corrected chi connectivity index (χ1v) is 22.5. The highest BCUT2D eigenvalue weighted by Crippen LogP contribution is 2.38. The van der Waals surface area contributed by atoms with Gasteiger partial charge in [0.05, 0.1) is 24.0 Å². The third-order valence-corrected chi connectivity index (χ3v) is 11.3. The van der Waals surface area contributed by atoms with Crippen molar-refractivity contribution in [3.05, 3.63) is 164 Å². The number of alkyl halides is 6. The van der Waals surface area contributed by atoms with E-state index in [1.165, 1.54) is 54.6 Å². The van der Waals surface area contributed by atoms with E-state index in [0.717, 1.165) is 24.3 Å². The van der Waals surface area contributed by atoms with Crippen LogP contribution in [0.15, 0.2) is 125 Å². The van der Waals surface area contributed by atoms with Crippen LogP contribution in [0.25, 0.3) is 0 Å². The highest BCUT2D eigenvalue weighted by molar-refractivity contribution is 7.89. The summed E-state index contributed by atoms with van der Waals surface area (Å²) in [5, 5.41) is 15.1. The Morgan fingerprint density at radius 3 is 1.42 bits per heavy atom. The summed E-state index contributed by atoms with van der Waals surface area (Å²) < 4.78 is 164. The lowest BCUT2D eigenvalue weighted by Crippen LogP contribution is -2.19. The molecule has 0 heterocycles. The second-order valence-electron chi connectivity index (χ2n) is 13.7. The van der Waals surface area contributed by atoms with Crippen molar-refractivity contribution in [3.63, 3.8) is 0 Å². The van der Waals surface area contributed by atoms with Gasteiger partial charge in [-0.25, -0.2) is 35.9 Å². The van der Waals surface area contributed by atoms with Gasteiger partial charge in [-0.05, 0) is 96.6 Å². The Bertz CT molecular complexity index is 3070. The SMILES string of the molecule is NS(=O)(=O)c1cc(NC(=O)Cc2c(Cl)cc(C(F)(F)F)c(F)c2F)ccc1Oc1cccc(Cl)c1.NS(=O)(=O)c1cc(NC(=O)Cc2ccc(C(F)(F)F)cc2)ccc1Oc1cccc(Cl)c1. The molecule has 67 heavy (non-hydrogen) atoms. The largest absolute Gasteiger partial charge is 0.456 e. The highest BCUT2D eigenvalue weighted by Gasteiger charge is 2.37. The predicted octanol–water partition coefficient (Wildman–Crippen LogP) is 10.9. The van der Waals surface area contributed by atoms with Gasteiger partial charge < -0.3 is 20.1 Å². The van der Waals surface area contributed by atoms with Gasteiger partial charge in [-0.15, -0.1) is 0 Å². The van der Waals surface area contributed by atoms with E-state index in [-0.39, 0.29) is 51.8 Å². The fourth-order valence-corrected chi connectivity index (χ4v) is 7.65. The molecule has 6 N–H and O–H groups in total. The van der Waals surface area contributed by atoms with Gasteiger partial charge in [0.2, 0.25) is 31.9 Å². The lowest BCUT2D eigenvalue weighted by atomic mass is 10.1. The van der Waals surface area contributed by atoms with Gasteiger partial charge in [0, 0.05) is 32.0 Å². The second kappa shape index (κ2) is 20.9. The number of nitrogens with two attached hydrogens (primary N) is 2. The molecule has 0 aliphatic heterocycles. The molecule has 6 rings (SSSR count). The molecule has 0 atom stereocenters. The Kier molecular flexibility index (Phi) is 16.2. The normalized spacial score (nSPS) is 11.8. The van der Waals surface area contributed by atoms with Gasteiger partial charge in [-0.1, -0.05) is 59.1 Å². The van der Waals surface area contributed by atoms with E-state index in [0.29, 0.717) is 15.6 Å². The maximum Gasteiger partial charge on any atom is 0.419 e. The minimum atomic E-state index is -5.20. The van der Waals surface area contributed by atoms with Crippen molar-refractivity contribution in [1.29, 1.82) is 0 Å². The monoisotopic (exact) mass is 1040 g/mol.